The van der Waals surface area contributed by atoms with Gasteiger partial charge in [0.15, 0.2) is 6.10 Å². The molecule has 0 aromatic carbocycles. The largest absolute Gasteiger partial charge is 0.472 e. The lowest BCUT2D eigenvalue weighted by atomic mass is 10.0. The molecule has 0 aromatic heterocycles. The molecular weight excluding hydrogens is 792 g/mol. The molecule has 0 aromatic rings. The molecule has 0 heterocycles. The molecule has 61 heavy (non-hydrogen) atoms. The van der Waals surface area contributed by atoms with Crippen molar-refractivity contribution in [2.24, 2.45) is 0 Å². The highest BCUT2D eigenvalue weighted by molar-refractivity contribution is 7.47. The van der Waals surface area contributed by atoms with Crippen molar-refractivity contribution >= 4 is 19.8 Å². The van der Waals surface area contributed by atoms with Crippen LogP contribution in [0.5, 0.6) is 0 Å². The third-order valence-electron chi connectivity index (χ3n) is 10.7. The van der Waals surface area contributed by atoms with Crippen molar-refractivity contribution in [3.8, 4) is 0 Å². The minimum atomic E-state index is -4.63. The fourth-order valence-corrected chi connectivity index (χ4v) is 7.68. The molecule has 0 bridgehead atoms. The van der Waals surface area contributed by atoms with Gasteiger partial charge in [-0.1, -0.05) is 185 Å². The van der Waals surface area contributed by atoms with Gasteiger partial charge in [-0.3, -0.25) is 18.6 Å². The van der Waals surface area contributed by atoms with E-state index in [1.54, 1.807) is 0 Å². The molecule has 10 nitrogen and oxygen atoms in total. The molecule has 3 atom stereocenters. The Balaban J connectivity index is 4.25. The summed E-state index contributed by atoms with van der Waals surface area (Å²) in [4.78, 5) is 35.1. The Kier molecular flexibility index (Phi) is 44.8. The molecule has 11 heteroatoms. The van der Waals surface area contributed by atoms with Gasteiger partial charge in [-0.2, -0.15) is 0 Å². The van der Waals surface area contributed by atoms with Crippen molar-refractivity contribution in [2.45, 2.75) is 244 Å². The zero-order chi connectivity index (χ0) is 44.8. The number of allylic oxidation sites excluding steroid dienone is 6. The Hall–Kier alpha value is -1.81. The van der Waals surface area contributed by atoms with Gasteiger partial charge in [0.05, 0.1) is 19.8 Å². The maximum atomic E-state index is 12.6. The van der Waals surface area contributed by atoms with Gasteiger partial charge in [-0.25, -0.2) is 4.57 Å². The van der Waals surface area contributed by atoms with Gasteiger partial charge >= 0.3 is 19.8 Å². The van der Waals surface area contributed by atoms with E-state index in [0.29, 0.717) is 19.3 Å². The van der Waals surface area contributed by atoms with Crippen molar-refractivity contribution in [1.29, 1.82) is 0 Å². The molecule has 0 aliphatic carbocycles. The van der Waals surface area contributed by atoms with Crippen LogP contribution in [-0.2, 0) is 32.7 Å². The van der Waals surface area contributed by atoms with Crippen LogP contribution in [0.25, 0.3) is 0 Å². The van der Waals surface area contributed by atoms with Crippen LogP contribution in [0.2, 0.25) is 0 Å². The van der Waals surface area contributed by atoms with Crippen LogP contribution in [-0.4, -0.2) is 65.7 Å². The van der Waals surface area contributed by atoms with Crippen LogP contribution in [0.4, 0.5) is 0 Å². The number of unbranched alkanes of at least 4 members (excludes halogenated alkanes) is 27. The number of esters is 2. The number of aliphatic hydroxyl groups is 2. The van der Waals surface area contributed by atoms with Gasteiger partial charge in [-0.05, 0) is 70.6 Å². The van der Waals surface area contributed by atoms with E-state index in [1.807, 2.05) is 0 Å². The third kappa shape index (κ3) is 46.0. The van der Waals surface area contributed by atoms with Crippen molar-refractivity contribution in [3.05, 3.63) is 36.5 Å². The molecule has 3 N–H and O–H groups in total. The smallest absolute Gasteiger partial charge is 0.462 e. The Morgan fingerprint density at radius 1 is 0.475 bits per heavy atom. The molecule has 0 aliphatic rings. The van der Waals surface area contributed by atoms with Crippen molar-refractivity contribution in [3.63, 3.8) is 0 Å². The maximum Gasteiger partial charge on any atom is 0.472 e. The van der Waals surface area contributed by atoms with Gasteiger partial charge in [0.1, 0.15) is 12.7 Å². The predicted octanol–water partition coefficient (Wildman–Crippen LogP) is 13.9. The average molecular weight is 885 g/mol. The molecule has 0 fully saturated rings. The lowest BCUT2D eigenvalue weighted by Gasteiger charge is -2.20. The summed E-state index contributed by atoms with van der Waals surface area (Å²) in [7, 11) is -4.63. The number of hydrogen-bond donors (Lipinski definition) is 3. The van der Waals surface area contributed by atoms with Crippen LogP contribution in [0.15, 0.2) is 36.5 Å². The second-order valence-corrected chi connectivity index (χ2v) is 18.3. The minimum Gasteiger partial charge on any atom is -0.462 e. The fraction of sp³-hybridized carbons (Fsp3) is 0.840. The fourth-order valence-electron chi connectivity index (χ4n) is 6.89. The van der Waals surface area contributed by atoms with E-state index < -0.39 is 51.8 Å². The lowest BCUT2D eigenvalue weighted by molar-refractivity contribution is -0.161. The molecule has 0 saturated heterocycles. The number of rotatable bonds is 47. The van der Waals surface area contributed by atoms with Crippen molar-refractivity contribution < 1.29 is 47.8 Å². The van der Waals surface area contributed by atoms with E-state index in [-0.39, 0.29) is 19.4 Å². The van der Waals surface area contributed by atoms with E-state index in [2.05, 4.69) is 50.3 Å². The van der Waals surface area contributed by atoms with E-state index in [9.17, 15) is 24.2 Å². The number of carbonyl (C=O) groups excluding carboxylic acids is 2. The summed E-state index contributed by atoms with van der Waals surface area (Å²) in [6.45, 7) is 2.35. The Bertz CT molecular complexity index is 1110. The van der Waals surface area contributed by atoms with E-state index in [1.165, 1.54) is 141 Å². The number of phosphoric ester groups is 1. The van der Waals surface area contributed by atoms with Crippen LogP contribution >= 0.6 is 7.82 Å². The van der Waals surface area contributed by atoms with Gasteiger partial charge in [-0.15, -0.1) is 0 Å². The summed E-state index contributed by atoms with van der Waals surface area (Å²) in [5.41, 5.74) is 0. The quantitative estimate of drug-likeness (QED) is 0.0233. The van der Waals surface area contributed by atoms with Crippen molar-refractivity contribution in [2.75, 3.05) is 26.4 Å². The zero-order valence-electron chi connectivity index (χ0n) is 39.1. The van der Waals surface area contributed by atoms with Gasteiger partial charge in [0, 0.05) is 12.8 Å². The van der Waals surface area contributed by atoms with E-state index in [0.717, 1.165) is 44.9 Å². The second kappa shape index (κ2) is 46.2. The van der Waals surface area contributed by atoms with E-state index >= 15 is 0 Å². The highest BCUT2D eigenvalue weighted by Crippen LogP contribution is 2.43. The lowest BCUT2D eigenvalue weighted by Crippen LogP contribution is -2.29. The Labute approximate surface area is 373 Å². The first-order valence-corrected chi connectivity index (χ1v) is 26.4. The van der Waals surface area contributed by atoms with Crippen LogP contribution in [0, 0.1) is 0 Å². The number of ether oxygens (including phenoxy) is 2. The molecule has 0 saturated carbocycles. The average Bonchev–Trinajstić information content (AvgIpc) is 3.25. The second-order valence-electron chi connectivity index (χ2n) is 16.8. The maximum absolute atomic E-state index is 12.6. The molecule has 0 rings (SSSR count). The number of aliphatic hydroxyl groups excluding tert-OH is 2. The third-order valence-corrected chi connectivity index (χ3v) is 11.7. The minimum absolute atomic E-state index is 0.122. The van der Waals surface area contributed by atoms with E-state index in [4.69, 9.17) is 23.6 Å². The Morgan fingerprint density at radius 2 is 0.836 bits per heavy atom. The highest BCUT2D eigenvalue weighted by atomic mass is 31.2. The predicted molar refractivity (Wildman–Crippen MR) is 251 cm³/mol. The zero-order valence-corrected chi connectivity index (χ0v) is 40.0. The van der Waals surface area contributed by atoms with Gasteiger partial charge in [0.2, 0.25) is 0 Å². The molecule has 358 valence electrons. The van der Waals surface area contributed by atoms with Gasteiger partial charge < -0.3 is 24.6 Å². The molecule has 0 amide bonds. The molecule has 1 unspecified atom stereocenters. The summed E-state index contributed by atoms with van der Waals surface area (Å²) >= 11 is 0. The summed E-state index contributed by atoms with van der Waals surface area (Å²) in [6, 6.07) is 0. The first-order chi connectivity index (χ1) is 29.7. The molecular formula is C50H93O10P. The highest BCUT2D eigenvalue weighted by Gasteiger charge is 2.27. The monoisotopic (exact) mass is 885 g/mol. The van der Waals surface area contributed by atoms with Crippen LogP contribution in [0.3, 0.4) is 0 Å². The molecule has 0 spiro atoms. The molecule has 0 radical (unpaired) electrons. The number of phosphoric acid groups is 1. The summed E-state index contributed by atoms with van der Waals surface area (Å²) < 4.78 is 32.7. The first kappa shape index (κ1) is 59.2. The SMILES string of the molecule is CCCCCCCCCC/C=C/CCCCCC(=O)OC[C@H](COP(=O)(O)OC[C@@H](O)CO)OC(=O)CCC/C=C/CC/C=C/CCCCCCCCCCCCCCCC. The van der Waals surface area contributed by atoms with Gasteiger partial charge in [0.25, 0.3) is 0 Å². The summed E-state index contributed by atoms with van der Waals surface area (Å²) in [6.07, 6.45) is 49.9. The number of hydrogen-bond acceptors (Lipinski definition) is 9. The first-order valence-electron chi connectivity index (χ1n) is 24.9. The number of carbonyl (C=O) groups is 2. The van der Waals surface area contributed by atoms with Crippen molar-refractivity contribution in [1.82, 2.24) is 0 Å². The molecule has 0 aliphatic heterocycles. The Morgan fingerprint density at radius 3 is 1.28 bits per heavy atom. The summed E-state index contributed by atoms with van der Waals surface area (Å²) in [5.74, 6) is -0.986. The normalized spacial score (nSPS) is 14.0. The van der Waals surface area contributed by atoms with Crippen LogP contribution < -0.4 is 0 Å². The van der Waals surface area contributed by atoms with Crippen LogP contribution in [0.1, 0.15) is 232 Å². The topological polar surface area (TPSA) is 149 Å². The standard InChI is InChI=1S/C50H93O10P/c1-3-5-7-9-11-13-15-17-19-20-21-22-23-24-25-26-28-30-32-34-36-38-40-42-50(54)60-48(46-59-61(55,56)58-44-47(52)43-51)45-57-49(53)41-39-37-35-33-31-29-27-18-16-14-12-10-8-6-4-2/h26,28-29,31,34,36,47-48,51-52H,3-25,27,30,32-33,35,37-46H2,1-2H3,(H,55,56)/b28-26+,31-29+,36-34+/t47-,48+/m0/s1. The summed E-state index contributed by atoms with van der Waals surface area (Å²) in [5, 5.41) is 18.4.